The molecule has 24 heavy (non-hydrogen) atoms. The molecule has 3 N–H and O–H groups in total. The second-order valence-electron chi connectivity index (χ2n) is 5.31. The molecule has 6 heteroatoms. The van der Waals surface area contributed by atoms with Crippen molar-refractivity contribution in [2.24, 2.45) is 0 Å². The number of rotatable bonds is 5. The maximum absolute atomic E-state index is 12.9. The predicted molar refractivity (Wildman–Crippen MR) is 90.0 cm³/mol. The van der Waals surface area contributed by atoms with Crippen molar-refractivity contribution in [2.45, 2.75) is 12.5 Å². The standard InChI is InChI=1S/C18H17FN4O/c19-14-6-8-15(9-7-14)22-18(24)23-16(12-17-20-10-11-21-17)13-4-2-1-3-5-13/h1-11,16H,12H2,(H,20,21)(H2,22,23,24)/t16-/m0/s1. The number of nitrogens with one attached hydrogen (secondary N) is 3. The summed E-state index contributed by atoms with van der Waals surface area (Å²) >= 11 is 0. The number of aromatic nitrogens is 2. The third-order valence-electron chi connectivity index (χ3n) is 3.56. The van der Waals surface area contributed by atoms with Gasteiger partial charge in [-0.1, -0.05) is 30.3 Å². The summed E-state index contributed by atoms with van der Waals surface area (Å²) in [5.41, 5.74) is 1.50. The van der Waals surface area contributed by atoms with Gasteiger partial charge in [-0.3, -0.25) is 0 Å². The Balaban J connectivity index is 1.71. The number of urea groups is 1. The van der Waals surface area contributed by atoms with E-state index in [4.69, 9.17) is 0 Å². The summed E-state index contributed by atoms with van der Waals surface area (Å²) in [5.74, 6) is 0.437. The second-order valence-corrected chi connectivity index (χ2v) is 5.31. The lowest BCUT2D eigenvalue weighted by molar-refractivity contribution is 0.248. The molecule has 1 atom stereocenters. The number of benzene rings is 2. The van der Waals surface area contributed by atoms with Crippen molar-refractivity contribution in [2.75, 3.05) is 5.32 Å². The van der Waals surface area contributed by atoms with Crippen LogP contribution in [0.3, 0.4) is 0 Å². The molecule has 0 fully saturated rings. The van der Waals surface area contributed by atoms with E-state index in [0.29, 0.717) is 12.1 Å². The molecule has 5 nitrogen and oxygen atoms in total. The third-order valence-corrected chi connectivity index (χ3v) is 3.56. The molecule has 0 aliphatic heterocycles. The Hall–Kier alpha value is -3.15. The summed E-state index contributed by atoms with van der Waals surface area (Å²) in [4.78, 5) is 19.5. The molecule has 1 aromatic heterocycles. The number of imidazole rings is 1. The van der Waals surface area contributed by atoms with Gasteiger partial charge in [0.1, 0.15) is 11.6 Å². The Morgan fingerprint density at radius 2 is 1.88 bits per heavy atom. The van der Waals surface area contributed by atoms with Crippen molar-refractivity contribution in [1.82, 2.24) is 15.3 Å². The highest BCUT2D eigenvalue weighted by Crippen LogP contribution is 2.17. The highest BCUT2D eigenvalue weighted by molar-refractivity contribution is 5.89. The average molecular weight is 324 g/mol. The number of carbonyl (C=O) groups excluding carboxylic acids is 1. The third kappa shape index (κ3) is 4.19. The highest BCUT2D eigenvalue weighted by atomic mass is 19.1. The summed E-state index contributed by atoms with van der Waals surface area (Å²) in [7, 11) is 0. The molecule has 3 rings (SSSR count). The average Bonchev–Trinajstić information content (AvgIpc) is 3.10. The maximum Gasteiger partial charge on any atom is 0.319 e. The number of hydrogen-bond acceptors (Lipinski definition) is 2. The first kappa shape index (κ1) is 15.7. The zero-order valence-corrected chi connectivity index (χ0v) is 12.9. The Bertz CT molecular complexity index is 773. The van der Waals surface area contributed by atoms with Crippen LogP contribution in [0.4, 0.5) is 14.9 Å². The SMILES string of the molecule is O=C(Nc1ccc(F)cc1)N[C@@H](Cc1ncc[nH]1)c1ccccc1. The van der Waals surface area contributed by atoms with Crippen molar-refractivity contribution >= 4 is 11.7 Å². The number of nitrogens with zero attached hydrogens (tertiary/aromatic N) is 1. The summed E-state index contributed by atoms with van der Waals surface area (Å²) in [6, 6.07) is 14.7. The van der Waals surface area contributed by atoms with Gasteiger partial charge in [0.05, 0.1) is 6.04 Å². The van der Waals surface area contributed by atoms with Crippen LogP contribution in [0, 0.1) is 5.82 Å². The van der Waals surface area contributed by atoms with Crippen molar-refractivity contribution in [1.29, 1.82) is 0 Å². The molecule has 2 amide bonds. The molecule has 3 aromatic rings. The van der Waals surface area contributed by atoms with Gasteiger partial charge >= 0.3 is 6.03 Å². The normalized spacial score (nSPS) is 11.7. The molecule has 0 saturated carbocycles. The van der Waals surface area contributed by atoms with Crippen molar-refractivity contribution in [3.05, 3.63) is 84.2 Å². The van der Waals surface area contributed by atoms with E-state index < -0.39 is 0 Å². The molecule has 122 valence electrons. The van der Waals surface area contributed by atoms with Crippen LogP contribution in [-0.4, -0.2) is 16.0 Å². The first-order valence-corrected chi connectivity index (χ1v) is 7.57. The number of halogens is 1. The van der Waals surface area contributed by atoms with Gasteiger partial charge < -0.3 is 15.6 Å². The van der Waals surface area contributed by atoms with E-state index in [2.05, 4.69) is 20.6 Å². The van der Waals surface area contributed by atoms with E-state index in [-0.39, 0.29) is 17.9 Å². The maximum atomic E-state index is 12.9. The van der Waals surface area contributed by atoms with Gasteiger partial charge in [0.15, 0.2) is 0 Å². The van der Waals surface area contributed by atoms with Crippen molar-refractivity contribution < 1.29 is 9.18 Å². The lowest BCUT2D eigenvalue weighted by Crippen LogP contribution is -2.33. The van der Waals surface area contributed by atoms with Gasteiger partial charge in [-0.25, -0.2) is 14.2 Å². The quantitative estimate of drug-likeness (QED) is 0.670. The zero-order valence-electron chi connectivity index (χ0n) is 12.9. The van der Waals surface area contributed by atoms with Gasteiger partial charge in [0.2, 0.25) is 0 Å². The van der Waals surface area contributed by atoms with Crippen molar-refractivity contribution in [3.8, 4) is 0 Å². The Morgan fingerprint density at radius 1 is 1.12 bits per heavy atom. The number of carbonyl (C=O) groups is 1. The van der Waals surface area contributed by atoms with E-state index in [1.165, 1.54) is 24.3 Å². The van der Waals surface area contributed by atoms with Gasteiger partial charge in [-0.2, -0.15) is 0 Å². The summed E-state index contributed by atoms with van der Waals surface area (Å²) < 4.78 is 12.9. The fraction of sp³-hybridized carbons (Fsp3) is 0.111. The van der Waals surface area contributed by atoms with Crippen LogP contribution in [-0.2, 0) is 6.42 Å². The van der Waals surface area contributed by atoms with E-state index in [1.807, 2.05) is 30.3 Å². The lowest BCUT2D eigenvalue weighted by atomic mass is 10.0. The Kier molecular flexibility index (Phi) is 4.86. The number of amides is 2. The molecule has 0 spiro atoms. The lowest BCUT2D eigenvalue weighted by Gasteiger charge is -2.19. The summed E-state index contributed by atoms with van der Waals surface area (Å²) in [6.07, 6.45) is 3.96. The molecule has 0 aliphatic carbocycles. The molecule has 0 unspecified atom stereocenters. The molecular weight excluding hydrogens is 307 g/mol. The number of H-pyrrole nitrogens is 1. The summed E-state index contributed by atoms with van der Waals surface area (Å²) in [6.45, 7) is 0. The Labute approximate surface area is 138 Å². The molecule has 2 aromatic carbocycles. The first-order chi connectivity index (χ1) is 11.7. The molecular formula is C18H17FN4O. The van der Waals surface area contributed by atoms with Crippen LogP contribution in [0.15, 0.2) is 67.0 Å². The minimum absolute atomic E-state index is 0.238. The molecule has 0 saturated heterocycles. The fourth-order valence-corrected chi connectivity index (χ4v) is 2.40. The minimum Gasteiger partial charge on any atom is -0.349 e. The molecule has 0 bridgehead atoms. The van der Waals surface area contributed by atoms with Gasteiger partial charge in [-0.05, 0) is 29.8 Å². The van der Waals surface area contributed by atoms with Gasteiger partial charge in [-0.15, -0.1) is 0 Å². The number of aromatic amines is 1. The predicted octanol–water partition coefficient (Wildman–Crippen LogP) is 3.65. The van der Waals surface area contributed by atoms with E-state index in [0.717, 1.165) is 11.4 Å². The monoisotopic (exact) mass is 324 g/mol. The second kappa shape index (κ2) is 7.41. The van der Waals surface area contributed by atoms with Crippen molar-refractivity contribution in [3.63, 3.8) is 0 Å². The number of hydrogen-bond donors (Lipinski definition) is 3. The largest absolute Gasteiger partial charge is 0.349 e. The van der Waals surface area contributed by atoms with Crippen LogP contribution in [0.25, 0.3) is 0 Å². The number of anilines is 1. The zero-order chi connectivity index (χ0) is 16.8. The van der Waals surface area contributed by atoms with E-state index in [1.54, 1.807) is 12.4 Å². The summed E-state index contributed by atoms with van der Waals surface area (Å²) in [5, 5.41) is 5.63. The topological polar surface area (TPSA) is 69.8 Å². The minimum atomic E-state index is -0.359. The van der Waals surface area contributed by atoms with Crippen LogP contribution in [0.5, 0.6) is 0 Å². The smallest absolute Gasteiger partial charge is 0.319 e. The van der Waals surface area contributed by atoms with E-state index >= 15 is 0 Å². The molecule has 0 aliphatic rings. The van der Waals surface area contributed by atoms with Crippen LogP contribution in [0.2, 0.25) is 0 Å². The van der Waals surface area contributed by atoms with Crippen LogP contribution >= 0.6 is 0 Å². The molecule has 1 heterocycles. The van der Waals surface area contributed by atoms with Gasteiger partial charge in [0, 0.05) is 24.5 Å². The van der Waals surface area contributed by atoms with E-state index in [9.17, 15) is 9.18 Å². The highest BCUT2D eigenvalue weighted by Gasteiger charge is 2.16. The molecule has 0 radical (unpaired) electrons. The fourth-order valence-electron chi connectivity index (χ4n) is 2.40. The Morgan fingerprint density at radius 3 is 2.54 bits per heavy atom. The first-order valence-electron chi connectivity index (χ1n) is 7.57. The van der Waals surface area contributed by atoms with Crippen LogP contribution < -0.4 is 10.6 Å². The van der Waals surface area contributed by atoms with Crippen LogP contribution in [0.1, 0.15) is 17.4 Å². The van der Waals surface area contributed by atoms with Gasteiger partial charge in [0.25, 0.3) is 0 Å².